The van der Waals surface area contributed by atoms with Gasteiger partial charge in [-0.3, -0.25) is 24.8 Å². The quantitative estimate of drug-likeness (QED) is 0.187. The lowest BCUT2D eigenvalue weighted by molar-refractivity contribution is -0.159. The predicted molar refractivity (Wildman–Crippen MR) is 169 cm³/mol. The number of imide groups is 1. The van der Waals surface area contributed by atoms with Crippen molar-refractivity contribution in [3.63, 3.8) is 0 Å². The molecule has 0 aliphatic carbocycles. The highest BCUT2D eigenvalue weighted by Crippen LogP contribution is 2.45. The van der Waals surface area contributed by atoms with E-state index in [1.54, 1.807) is 13.8 Å². The smallest absolute Gasteiger partial charge is 0.326 e. The zero-order chi connectivity index (χ0) is 40.5. The van der Waals surface area contributed by atoms with Crippen molar-refractivity contribution in [3.8, 4) is 0 Å². The van der Waals surface area contributed by atoms with E-state index in [2.05, 4.69) is 10.6 Å². The Morgan fingerprint density at radius 2 is 1.04 bits per heavy atom. The summed E-state index contributed by atoms with van der Waals surface area (Å²) >= 11 is 0. The van der Waals surface area contributed by atoms with Crippen molar-refractivity contribution in [1.82, 2.24) is 30.7 Å². The minimum atomic E-state index is -3.67. The van der Waals surface area contributed by atoms with E-state index in [1.165, 1.54) is 13.8 Å². The number of alkyl halides is 6. The third-order valence-corrected chi connectivity index (χ3v) is 10.3. The maximum Gasteiger partial charge on any atom is 0.326 e. The predicted octanol–water partition coefficient (Wildman–Crippen LogP) is 0.895. The van der Waals surface area contributed by atoms with E-state index >= 15 is 0 Å². The van der Waals surface area contributed by atoms with Gasteiger partial charge in [0.2, 0.25) is 12.1 Å². The second kappa shape index (κ2) is 16.9. The second-order valence-electron chi connectivity index (χ2n) is 13.8. The normalized spacial score (nSPS) is 38.5. The lowest BCUT2D eigenvalue weighted by Gasteiger charge is -2.36. The third-order valence-electron chi connectivity index (χ3n) is 10.3. The number of hydrogen-bond acceptors (Lipinski definition) is 11. The molecule has 23 heteroatoms. The van der Waals surface area contributed by atoms with Crippen LogP contribution in [0.3, 0.4) is 0 Å². The first kappa shape index (κ1) is 43.5. The van der Waals surface area contributed by atoms with Crippen molar-refractivity contribution in [1.29, 1.82) is 0 Å². The van der Waals surface area contributed by atoms with Gasteiger partial charge in [-0.05, 0) is 12.8 Å². The Morgan fingerprint density at radius 1 is 0.648 bits per heavy atom. The summed E-state index contributed by atoms with van der Waals surface area (Å²) in [6.45, 7) is 5.53. The summed E-state index contributed by atoms with van der Waals surface area (Å²) in [4.78, 5) is 48.2. The standard InChI is InChI=1S/C11H18F2N2O3.C11H16F2N2O3.C9H14F2N2O5/c2*1-3-7-6(2)11(12,13)9(18-7)15-5-4-8(16)14-10(15)17;10-9(11)6(16)4(3-14)18-7(9)13-2-1-5(15)12-8(13)17/h6-9,16H,3-5H2,1-2H3,(H,14,17);6-7,9H,3-5H2,1-2H3,(H,14,16,17);4-7,14-16H,1-3H2,(H,12,17)/t6-,7-,8?,9-;6-,7-,9-;4-,5?,6-,7-/m111/s1. The Morgan fingerprint density at radius 3 is 1.37 bits per heavy atom. The first-order valence-corrected chi connectivity index (χ1v) is 17.6. The number of ether oxygens (including phenoxy) is 3. The van der Waals surface area contributed by atoms with Gasteiger partial charge in [0, 0.05) is 38.9 Å². The summed E-state index contributed by atoms with van der Waals surface area (Å²) in [5, 5.41) is 42.8. The van der Waals surface area contributed by atoms with E-state index in [-0.39, 0.29) is 38.9 Å². The zero-order valence-electron chi connectivity index (χ0n) is 30.0. The summed E-state index contributed by atoms with van der Waals surface area (Å²) in [7, 11) is 0. The van der Waals surface area contributed by atoms with Crippen LogP contribution in [-0.4, -0.2) is 159 Å². The van der Waals surface area contributed by atoms with Crippen LogP contribution in [0.4, 0.5) is 40.7 Å². The monoisotopic (exact) mass is 794 g/mol. The molecule has 11 atom stereocenters. The fourth-order valence-electron chi connectivity index (χ4n) is 6.87. The zero-order valence-corrected chi connectivity index (χ0v) is 30.0. The maximum atomic E-state index is 14.1. The minimum absolute atomic E-state index is 0.0207. The van der Waals surface area contributed by atoms with Gasteiger partial charge >= 0.3 is 24.0 Å². The van der Waals surface area contributed by atoms with Crippen LogP contribution in [0, 0.1) is 11.8 Å². The molecule has 54 heavy (non-hydrogen) atoms. The van der Waals surface area contributed by atoms with Gasteiger partial charge in [-0.1, -0.05) is 27.7 Å². The molecule has 0 aromatic heterocycles. The molecule has 0 bridgehead atoms. The first-order chi connectivity index (χ1) is 25.1. The Balaban J connectivity index is 0.000000180. The largest absolute Gasteiger partial charge is 0.394 e. The number of nitrogens with one attached hydrogen (secondary N) is 3. The molecule has 7 N–H and O–H groups in total. The van der Waals surface area contributed by atoms with Crippen LogP contribution in [0.25, 0.3) is 0 Å². The van der Waals surface area contributed by atoms with Crippen LogP contribution in [-0.2, 0) is 19.0 Å². The van der Waals surface area contributed by atoms with Crippen molar-refractivity contribution in [2.24, 2.45) is 11.8 Å². The average Bonchev–Trinajstić information content (AvgIpc) is 3.58. The van der Waals surface area contributed by atoms with E-state index in [0.29, 0.717) is 17.7 Å². The number of aliphatic hydroxyl groups is 4. The summed E-state index contributed by atoms with van der Waals surface area (Å²) in [5.41, 5.74) is 0. The minimum Gasteiger partial charge on any atom is -0.394 e. The lowest BCUT2D eigenvalue weighted by Crippen LogP contribution is -2.59. The fraction of sp³-hybridized carbons (Fsp3) is 0.871. The Hall–Kier alpha value is -3.22. The summed E-state index contributed by atoms with van der Waals surface area (Å²) < 4.78 is 99.2. The average molecular weight is 795 g/mol. The molecular weight excluding hydrogens is 746 g/mol. The number of hydrogen-bond donors (Lipinski definition) is 7. The van der Waals surface area contributed by atoms with Crippen LogP contribution >= 0.6 is 0 Å². The van der Waals surface area contributed by atoms with Crippen molar-refractivity contribution in [2.45, 2.75) is 133 Å². The highest BCUT2D eigenvalue weighted by molar-refractivity contribution is 5.96. The van der Waals surface area contributed by atoms with Crippen molar-refractivity contribution >= 4 is 24.0 Å². The molecule has 17 nitrogen and oxygen atoms in total. The van der Waals surface area contributed by atoms with Crippen LogP contribution < -0.4 is 16.0 Å². The molecule has 0 radical (unpaired) electrons. The number of carbonyl (C=O) groups is 4. The lowest BCUT2D eigenvalue weighted by atomic mass is 9.97. The highest BCUT2D eigenvalue weighted by Gasteiger charge is 2.62. The molecule has 0 saturated carbocycles. The number of aliphatic hydroxyl groups excluding tert-OH is 4. The molecule has 2 unspecified atom stereocenters. The topological polar surface area (TPSA) is 223 Å². The Labute approximate surface area is 306 Å². The molecule has 0 spiro atoms. The van der Waals surface area contributed by atoms with Crippen LogP contribution in [0.2, 0.25) is 0 Å². The molecule has 7 amide bonds. The van der Waals surface area contributed by atoms with E-state index in [1.807, 2.05) is 5.32 Å². The second-order valence-corrected chi connectivity index (χ2v) is 13.8. The van der Waals surface area contributed by atoms with Gasteiger partial charge in [-0.25, -0.2) is 31.9 Å². The number of amides is 7. The maximum absolute atomic E-state index is 14.1. The molecule has 0 aromatic rings. The fourth-order valence-corrected chi connectivity index (χ4v) is 6.87. The molecule has 0 aromatic carbocycles. The van der Waals surface area contributed by atoms with Crippen LogP contribution in [0.15, 0.2) is 0 Å². The molecular formula is C31H48F6N6O11. The van der Waals surface area contributed by atoms with Crippen molar-refractivity contribution in [3.05, 3.63) is 0 Å². The molecule has 6 heterocycles. The number of nitrogens with zero attached hydrogens (tertiary/aromatic N) is 3. The van der Waals surface area contributed by atoms with Gasteiger partial charge in [-0.2, -0.15) is 8.78 Å². The number of carbonyl (C=O) groups excluding carboxylic acids is 4. The highest BCUT2D eigenvalue weighted by atomic mass is 19.3. The van der Waals surface area contributed by atoms with E-state index in [4.69, 9.17) is 24.4 Å². The first-order valence-electron chi connectivity index (χ1n) is 17.6. The van der Waals surface area contributed by atoms with Gasteiger partial charge in [-0.15, -0.1) is 0 Å². The number of rotatable bonds is 6. The van der Waals surface area contributed by atoms with Crippen molar-refractivity contribution < 1.29 is 80.2 Å². The van der Waals surface area contributed by atoms with Crippen LogP contribution in [0.5, 0.6) is 0 Å². The number of urea groups is 3. The van der Waals surface area contributed by atoms with Gasteiger partial charge in [0.25, 0.3) is 11.8 Å². The van der Waals surface area contributed by atoms with E-state index in [0.717, 1.165) is 9.80 Å². The van der Waals surface area contributed by atoms with Crippen molar-refractivity contribution in [2.75, 3.05) is 26.2 Å². The molecule has 6 fully saturated rings. The van der Waals surface area contributed by atoms with Crippen LogP contribution in [0.1, 0.15) is 59.8 Å². The molecule has 6 rings (SSSR count). The number of halogens is 6. The third kappa shape index (κ3) is 8.60. The van der Waals surface area contributed by atoms with Gasteiger partial charge in [0.1, 0.15) is 18.6 Å². The van der Waals surface area contributed by atoms with E-state index in [9.17, 15) is 55.7 Å². The van der Waals surface area contributed by atoms with Gasteiger partial charge in [0.15, 0.2) is 18.6 Å². The van der Waals surface area contributed by atoms with Gasteiger partial charge < -0.3 is 45.3 Å². The summed E-state index contributed by atoms with van der Waals surface area (Å²) in [6, 6.07) is -2.41. The molecule has 6 aliphatic rings. The molecule has 6 saturated heterocycles. The Bertz CT molecular complexity index is 1310. The van der Waals surface area contributed by atoms with Gasteiger partial charge in [0.05, 0.1) is 30.7 Å². The summed E-state index contributed by atoms with van der Waals surface area (Å²) in [5.74, 6) is -12.2. The molecule has 310 valence electrons. The Kier molecular flexibility index (Phi) is 13.6. The van der Waals surface area contributed by atoms with E-state index < -0.39 is 116 Å². The summed E-state index contributed by atoms with van der Waals surface area (Å²) in [6.07, 6.45) is -10.6. The SMILES string of the molecule is CC[C@H]1O[C@@H](N2CCC(=O)NC2=O)C(F)(F)[C@@H]1C.CC[C@H]1O[C@@H](N2CCC(O)NC2=O)C(F)(F)[C@@H]1C.O=C1NC(O)CCN1[C@@H]1O[C@H](CO)[C@@H](O)C1(F)F. The molecule has 6 aliphatic heterocycles.